The minimum absolute atomic E-state index is 0.0654. The second-order valence-electron chi connectivity index (χ2n) is 4.66. The van der Waals surface area contributed by atoms with Gasteiger partial charge < -0.3 is 0 Å². The highest BCUT2D eigenvalue weighted by molar-refractivity contribution is 7.91. The molecule has 1 saturated heterocycles. The van der Waals surface area contributed by atoms with Gasteiger partial charge in [0.05, 0.1) is 5.25 Å². The van der Waals surface area contributed by atoms with Gasteiger partial charge in [-0.1, -0.05) is 20.8 Å². The Morgan fingerprint density at radius 3 is 2.31 bits per heavy atom. The number of carbonyl (C=O) groups is 1. The maximum absolute atomic E-state index is 11.3. The lowest BCUT2D eigenvalue weighted by molar-refractivity contribution is -0.118. The molecule has 1 heterocycles. The molecule has 0 saturated carbocycles. The molecule has 1 aliphatic rings. The summed E-state index contributed by atoms with van der Waals surface area (Å²) in [6.07, 6.45) is 0.633. The maximum atomic E-state index is 11.3. The summed E-state index contributed by atoms with van der Waals surface area (Å²) >= 11 is 0. The first-order valence-corrected chi connectivity index (χ1v) is 5.80. The van der Waals surface area contributed by atoms with Gasteiger partial charge in [-0.15, -0.1) is 0 Å². The largest absolute Gasteiger partial charge is 0.274 e. The molecule has 1 amide bonds. The minimum Gasteiger partial charge on any atom is -0.274 e. The normalized spacial score (nSPS) is 27.3. The van der Waals surface area contributed by atoms with E-state index >= 15 is 0 Å². The van der Waals surface area contributed by atoms with Crippen molar-refractivity contribution in [1.82, 2.24) is 4.72 Å². The standard InChI is InChI=1S/C8H15NO3S/c1-8(2,3)5-6-4-7(10)9-13(6,11)12/h6H,4-5H2,1-3H3,(H,9,10). The zero-order chi connectivity index (χ0) is 10.3. The summed E-state index contributed by atoms with van der Waals surface area (Å²) in [5.74, 6) is -0.380. The molecule has 0 bridgehead atoms. The van der Waals surface area contributed by atoms with Crippen molar-refractivity contribution in [2.45, 2.75) is 38.9 Å². The Kier molecular flexibility index (Phi) is 2.40. The van der Waals surface area contributed by atoms with Gasteiger partial charge in [-0.2, -0.15) is 0 Å². The van der Waals surface area contributed by atoms with Crippen molar-refractivity contribution in [3.8, 4) is 0 Å². The Labute approximate surface area is 78.8 Å². The molecule has 0 aromatic rings. The summed E-state index contributed by atoms with van der Waals surface area (Å²) in [7, 11) is -3.37. The molecule has 1 N–H and O–H groups in total. The van der Waals surface area contributed by atoms with Crippen LogP contribution in [0.1, 0.15) is 33.6 Å². The van der Waals surface area contributed by atoms with Gasteiger partial charge in [0.2, 0.25) is 15.9 Å². The molecule has 1 aliphatic heterocycles. The van der Waals surface area contributed by atoms with Crippen LogP contribution >= 0.6 is 0 Å². The highest BCUT2D eigenvalue weighted by Gasteiger charge is 2.38. The second kappa shape index (κ2) is 2.97. The quantitative estimate of drug-likeness (QED) is 0.683. The van der Waals surface area contributed by atoms with Crippen molar-refractivity contribution >= 4 is 15.9 Å². The average molecular weight is 205 g/mol. The van der Waals surface area contributed by atoms with E-state index in [-0.39, 0.29) is 17.7 Å². The number of sulfonamides is 1. The molecule has 4 nitrogen and oxygen atoms in total. The maximum Gasteiger partial charge on any atom is 0.238 e. The summed E-state index contributed by atoms with van der Waals surface area (Å²) in [6.45, 7) is 5.89. The van der Waals surface area contributed by atoms with Crippen LogP contribution in [0.5, 0.6) is 0 Å². The number of nitrogens with one attached hydrogen (secondary N) is 1. The van der Waals surface area contributed by atoms with Crippen molar-refractivity contribution < 1.29 is 13.2 Å². The van der Waals surface area contributed by atoms with E-state index < -0.39 is 15.3 Å². The van der Waals surface area contributed by atoms with Crippen molar-refractivity contribution in [1.29, 1.82) is 0 Å². The Bertz CT molecular complexity index is 313. The molecule has 0 spiro atoms. The number of hydrogen-bond acceptors (Lipinski definition) is 3. The summed E-state index contributed by atoms with van der Waals surface area (Å²) in [4.78, 5) is 10.9. The summed E-state index contributed by atoms with van der Waals surface area (Å²) in [6, 6.07) is 0. The fourth-order valence-electron chi connectivity index (χ4n) is 1.47. The van der Waals surface area contributed by atoms with Crippen LogP contribution in [0.2, 0.25) is 0 Å². The Hall–Kier alpha value is -0.580. The molecule has 13 heavy (non-hydrogen) atoms. The first-order chi connectivity index (χ1) is 5.71. The van der Waals surface area contributed by atoms with Crippen LogP contribution in [-0.2, 0) is 14.8 Å². The van der Waals surface area contributed by atoms with Crippen LogP contribution in [0.15, 0.2) is 0 Å². The van der Waals surface area contributed by atoms with Gasteiger partial charge in [-0.05, 0) is 11.8 Å². The average Bonchev–Trinajstić information content (AvgIpc) is 2.00. The van der Waals surface area contributed by atoms with Crippen molar-refractivity contribution in [3.63, 3.8) is 0 Å². The molecule has 1 atom stereocenters. The van der Waals surface area contributed by atoms with E-state index in [1.807, 2.05) is 25.5 Å². The van der Waals surface area contributed by atoms with Crippen LogP contribution in [0.4, 0.5) is 0 Å². The number of hydrogen-bond donors (Lipinski definition) is 1. The lowest BCUT2D eigenvalue weighted by Gasteiger charge is -2.20. The van der Waals surface area contributed by atoms with E-state index in [1.54, 1.807) is 0 Å². The Morgan fingerprint density at radius 2 is 2.00 bits per heavy atom. The van der Waals surface area contributed by atoms with Crippen LogP contribution < -0.4 is 4.72 Å². The van der Waals surface area contributed by atoms with Gasteiger partial charge in [-0.25, -0.2) is 8.42 Å². The molecule has 76 valence electrons. The van der Waals surface area contributed by atoms with Crippen molar-refractivity contribution in [3.05, 3.63) is 0 Å². The Morgan fingerprint density at radius 1 is 1.46 bits per heavy atom. The fraction of sp³-hybridized carbons (Fsp3) is 0.875. The molecule has 5 heteroatoms. The molecule has 0 aromatic heterocycles. The lowest BCUT2D eigenvalue weighted by Crippen LogP contribution is -2.27. The predicted octanol–water partition coefficient (Wildman–Crippen LogP) is 0.641. The van der Waals surface area contributed by atoms with Crippen molar-refractivity contribution in [2.24, 2.45) is 5.41 Å². The molecule has 1 fully saturated rings. The van der Waals surface area contributed by atoms with E-state index in [2.05, 4.69) is 0 Å². The highest BCUT2D eigenvalue weighted by atomic mass is 32.2. The molecule has 1 unspecified atom stereocenters. The van der Waals surface area contributed by atoms with Crippen LogP contribution in [0, 0.1) is 5.41 Å². The monoisotopic (exact) mass is 205 g/mol. The third-order valence-corrected chi connectivity index (χ3v) is 3.67. The van der Waals surface area contributed by atoms with Gasteiger partial charge in [0.1, 0.15) is 0 Å². The second-order valence-corrected chi connectivity index (χ2v) is 6.62. The van der Waals surface area contributed by atoms with E-state index in [0.29, 0.717) is 6.42 Å². The van der Waals surface area contributed by atoms with E-state index in [0.717, 1.165) is 0 Å². The first-order valence-electron chi connectivity index (χ1n) is 4.25. The van der Waals surface area contributed by atoms with Gasteiger partial charge in [0, 0.05) is 6.42 Å². The summed E-state index contributed by atoms with van der Waals surface area (Å²) in [5, 5.41) is -0.542. The van der Waals surface area contributed by atoms with Crippen LogP contribution in [0.3, 0.4) is 0 Å². The summed E-state index contributed by atoms with van der Waals surface area (Å²) in [5.41, 5.74) is -0.0654. The molecular weight excluding hydrogens is 190 g/mol. The number of carbonyl (C=O) groups excluding carboxylic acids is 1. The number of amides is 1. The predicted molar refractivity (Wildman–Crippen MR) is 49.5 cm³/mol. The summed E-state index contributed by atoms with van der Waals surface area (Å²) < 4.78 is 24.6. The SMILES string of the molecule is CC(C)(C)CC1CC(=O)NS1(=O)=O. The minimum atomic E-state index is -3.37. The molecular formula is C8H15NO3S. The molecule has 0 aliphatic carbocycles. The van der Waals surface area contributed by atoms with E-state index in [1.165, 1.54) is 0 Å². The van der Waals surface area contributed by atoms with Gasteiger partial charge in [0.15, 0.2) is 0 Å². The van der Waals surface area contributed by atoms with Gasteiger partial charge in [-0.3, -0.25) is 9.52 Å². The third kappa shape index (κ3) is 2.69. The van der Waals surface area contributed by atoms with Gasteiger partial charge in [0.25, 0.3) is 0 Å². The van der Waals surface area contributed by atoms with Crippen molar-refractivity contribution in [2.75, 3.05) is 0 Å². The Balaban J connectivity index is 2.78. The lowest BCUT2D eigenvalue weighted by atomic mass is 9.89. The highest BCUT2D eigenvalue weighted by Crippen LogP contribution is 2.28. The van der Waals surface area contributed by atoms with E-state index in [9.17, 15) is 13.2 Å². The van der Waals surface area contributed by atoms with Crippen LogP contribution in [-0.4, -0.2) is 19.6 Å². The third-order valence-electron chi connectivity index (χ3n) is 1.95. The fourth-order valence-corrected chi connectivity index (χ4v) is 3.12. The molecule has 0 radical (unpaired) electrons. The van der Waals surface area contributed by atoms with E-state index in [4.69, 9.17) is 0 Å². The molecule has 1 rings (SSSR count). The number of rotatable bonds is 1. The first kappa shape index (κ1) is 10.5. The topological polar surface area (TPSA) is 63.2 Å². The smallest absolute Gasteiger partial charge is 0.238 e. The zero-order valence-electron chi connectivity index (χ0n) is 8.12. The zero-order valence-corrected chi connectivity index (χ0v) is 8.94. The van der Waals surface area contributed by atoms with Gasteiger partial charge >= 0.3 is 0 Å². The van der Waals surface area contributed by atoms with Crippen LogP contribution in [0.25, 0.3) is 0 Å². The molecule has 0 aromatic carbocycles.